The minimum absolute atomic E-state index is 0.340. The highest BCUT2D eigenvalue weighted by atomic mass is 16.4. The zero-order valence-corrected chi connectivity index (χ0v) is 26.0. The van der Waals surface area contributed by atoms with E-state index in [-0.39, 0.29) is 0 Å². The Kier molecular flexibility index (Phi) is 12.9. The van der Waals surface area contributed by atoms with Crippen LogP contribution in [0.3, 0.4) is 0 Å². The van der Waals surface area contributed by atoms with Gasteiger partial charge in [0.1, 0.15) is 5.60 Å². The van der Waals surface area contributed by atoms with Crippen molar-refractivity contribution in [1.82, 2.24) is 9.97 Å². The Morgan fingerprint density at radius 1 is 1.24 bits per heavy atom. The first-order valence-corrected chi connectivity index (χ1v) is 15.1. The fourth-order valence-corrected chi connectivity index (χ4v) is 5.64. The molecule has 1 amide bonds. The zero-order chi connectivity index (χ0) is 30.6. The number of aliphatic hydroxyl groups is 1. The molecule has 2 saturated carbocycles. The van der Waals surface area contributed by atoms with Gasteiger partial charge in [0, 0.05) is 12.8 Å². The van der Waals surface area contributed by atoms with E-state index in [9.17, 15) is 15.0 Å². The molecule has 8 nitrogen and oxygen atoms in total. The molecule has 2 aliphatic carbocycles. The second kappa shape index (κ2) is 15.6. The summed E-state index contributed by atoms with van der Waals surface area (Å²) in [6.45, 7) is 13.8. The number of aryl methyl sites for hydroxylation is 1. The highest BCUT2D eigenvalue weighted by molar-refractivity contribution is 5.84. The summed E-state index contributed by atoms with van der Waals surface area (Å²) in [5.74, 6) is 1.47. The molecule has 0 bridgehead atoms. The Bertz CT molecular complexity index is 1180. The summed E-state index contributed by atoms with van der Waals surface area (Å²) < 4.78 is 0. The number of benzene rings is 1. The monoisotopic (exact) mass is 563 g/mol. The van der Waals surface area contributed by atoms with Gasteiger partial charge in [-0.3, -0.25) is 14.9 Å². The molecule has 2 N–H and O–H groups in total. The van der Waals surface area contributed by atoms with Crippen molar-refractivity contribution in [3.8, 4) is 6.07 Å². The number of hydrogen-bond donors (Lipinski definition) is 2. The van der Waals surface area contributed by atoms with E-state index in [4.69, 9.17) is 5.26 Å². The Labute approximate surface area is 246 Å². The zero-order valence-electron chi connectivity index (χ0n) is 26.0. The average molecular weight is 564 g/mol. The van der Waals surface area contributed by atoms with E-state index < -0.39 is 11.7 Å². The summed E-state index contributed by atoms with van der Waals surface area (Å²) in [5.41, 5.74) is 2.57. The highest BCUT2D eigenvalue weighted by Crippen LogP contribution is 2.61. The number of carbonyl (C=O) groups is 1. The van der Waals surface area contributed by atoms with Crippen LogP contribution in [0, 0.1) is 35.5 Å². The molecular weight excluding hydrogens is 514 g/mol. The number of rotatable bonds is 8. The van der Waals surface area contributed by atoms with Gasteiger partial charge >= 0.3 is 6.09 Å². The second-order valence-electron chi connectivity index (χ2n) is 11.6. The van der Waals surface area contributed by atoms with E-state index in [1.165, 1.54) is 55.8 Å². The number of aliphatic imine (C=N–C) groups is 1. The number of unbranched alkanes of at least 4 members (excludes halogenated alkanes) is 1. The van der Waals surface area contributed by atoms with E-state index in [0.29, 0.717) is 35.0 Å². The first-order valence-electron chi connectivity index (χ1n) is 15.1. The molecule has 8 heteroatoms. The number of carboxylic acid groups (broad SMARTS) is 1. The molecule has 1 aromatic carbocycles. The van der Waals surface area contributed by atoms with Crippen molar-refractivity contribution in [3.05, 3.63) is 47.4 Å². The molecular formula is C33H49N5O3. The van der Waals surface area contributed by atoms with Gasteiger partial charge in [0.15, 0.2) is 5.82 Å². The molecule has 2 unspecified atom stereocenters. The molecule has 4 rings (SSSR count). The van der Waals surface area contributed by atoms with Crippen LogP contribution in [0.15, 0.2) is 35.6 Å². The third kappa shape index (κ3) is 9.64. The van der Waals surface area contributed by atoms with Gasteiger partial charge in [0.2, 0.25) is 0 Å². The summed E-state index contributed by atoms with van der Waals surface area (Å²) in [6, 6.07) is 7.55. The molecule has 2 aromatic rings. The van der Waals surface area contributed by atoms with Crippen molar-refractivity contribution in [2.24, 2.45) is 22.2 Å². The maximum atomic E-state index is 11.9. The molecule has 1 spiro atoms. The molecule has 0 aliphatic heterocycles. The fourth-order valence-electron chi connectivity index (χ4n) is 5.64. The van der Waals surface area contributed by atoms with Crippen molar-refractivity contribution in [1.29, 1.82) is 5.26 Å². The number of nitrogens with zero attached hydrogens (tertiary/aromatic N) is 5. The first-order chi connectivity index (χ1) is 19.5. The lowest BCUT2D eigenvalue weighted by Gasteiger charge is -2.38. The number of nitriles is 1. The van der Waals surface area contributed by atoms with Crippen molar-refractivity contribution >= 4 is 23.8 Å². The topological polar surface area (TPSA) is 123 Å². The molecule has 1 heterocycles. The lowest BCUT2D eigenvalue weighted by Crippen LogP contribution is -2.38. The quantitative estimate of drug-likeness (QED) is 0.312. The van der Waals surface area contributed by atoms with Crippen molar-refractivity contribution in [3.63, 3.8) is 0 Å². The summed E-state index contributed by atoms with van der Waals surface area (Å²) in [4.78, 5) is 25.8. The van der Waals surface area contributed by atoms with E-state index in [0.717, 1.165) is 30.0 Å². The molecule has 2 aliphatic rings. The summed E-state index contributed by atoms with van der Waals surface area (Å²) in [6.07, 6.45) is 13.6. The fraction of sp³-hybridized carbons (Fsp3) is 0.606. The van der Waals surface area contributed by atoms with Crippen LogP contribution < -0.4 is 4.90 Å². The van der Waals surface area contributed by atoms with Crippen LogP contribution in [0.4, 0.5) is 16.3 Å². The lowest BCUT2D eigenvalue weighted by atomic mass is 9.69. The van der Waals surface area contributed by atoms with Crippen molar-refractivity contribution in [2.45, 2.75) is 105 Å². The Morgan fingerprint density at radius 2 is 1.95 bits per heavy atom. The van der Waals surface area contributed by atoms with Crippen LogP contribution in [-0.4, -0.2) is 39.0 Å². The molecule has 224 valence electrons. The number of amides is 1. The second-order valence-corrected chi connectivity index (χ2v) is 11.6. The SMILES string of the molecule is CC.CC=Nc1ccc(C#N)cc1C.CCCCC1CC(CN(C(=O)O)c2cnc(C(C)(C)O)cn2)CCC12CC2. The van der Waals surface area contributed by atoms with Crippen LogP contribution in [0.2, 0.25) is 0 Å². The Balaban J connectivity index is 0.000000352. The smallest absolute Gasteiger partial charge is 0.413 e. The molecule has 2 atom stereocenters. The van der Waals surface area contributed by atoms with Gasteiger partial charge in [-0.2, -0.15) is 5.26 Å². The third-order valence-corrected chi connectivity index (χ3v) is 8.14. The van der Waals surface area contributed by atoms with Gasteiger partial charge in [-0.1, -0.05) is 33.6 Å². The summed E-state index contributed by atoms with van der Waals surface area (Å²) >= 11 is 0. The number of aromatic nitrogens is 2. The van der Waals surface area contributed by atoms with E-state index in [1.807, 2.05) is 39.8 Å². The van der Waals surface area contributed by atoms with Crippen molar-refractivity contribution in [2.75, 3.05) is 11.4 Å². The van der Waals surface area contributed by atoms with Crippen molar-refractivity contribution < 1.29 is 15.0 Å². The largest absolute Gasteiger partial charge is 0.465 e. The number of anilines is 1. The maximum Gasteiger partial charge on any atom is 0.413 e. The minimum Gasteiger partial charge on any atom is -0.465 e. The predicted molar refractivity (Wildman–Crippen MR) is 166 cm³/mol. The van der Waals surface area contributed by atoms with Crippen LogP contribution in [0.5, 0.6) is 0 Å². The van der Waals surface area contributed by atoms with Gasteiger partial charge in [-0.25, -0.2) is 9.78 Å². The molecule has 0 radical (unpaired) electrons. The van der Waals surface area contributed by atoms with Crippen LogP contribution in [0.25, 0.3) is 0 Å². The van der Waals surface area contributed by atoms with Gasteiger partial charge in [-0.15, -0.1) is 0 Å². The highest BCUT2D eigenvalue weighted by Gasteiger charge is 2.51. The Hall–Kier alpha value is -3.31. The summed E-state index contributed by atoms with van der Waals surface area (Å²) in [7, 11) is 0. The van der Waals surface area contributed by atoms with E-state index in [1.54, 1.807) is 26.1 Å². The van der Waals surface area contributed by atoms with Gasteiger partial charge in [0.25, 0.3) is 0 Å². The van der Waals surface area contributed by atoms with Crippen LogP contribution >= 0.6 is 0 Å². The van der Waals surface area contributed by atoms with Gasteiger partial charge in [0.05, 0.1) is 35.4 Å². The lowest BCUT2D eigenvalue weighted by molar-refractivity contribution is 0.0734. The normalized spacial score (nSPS) is 18.9. The first kappa shape index (κ1) is 33.9. The predicted octanol–water partition coefficient (Wildman–Crippen LogP) is 8.19. The molecule has 0 saturated heterocycles. The van der Waals surface area contributed by atoms with E-state index in [2.05, 4.69) is 28.0 Å². The standard InChI is InChI=1S/C21H33N3O3.C10H10N2.C2H6/c1-4-5-6-16-11-15(7-8-21(16)9-10-21)14-24(19(25)26)18-13-22-17(12-23-18)20(2,3)27;1-3-12-10-5-4-9(7-11)6-8(10)2;1-2/h12-13,15-16,27H,4-11,14H2,1-3H3,(H,25,26);3-6H,1-2H3;1-2H3. The van der Waals surface area contributed by atoms with Crippen LogP contribution in [-0.2, 0) is 5.60 Å². The van der Waals surface area contributed by atoms with E-state index >= 15 is 0 Å². The maximum absolute atomic E-state index is 11.9. The molecule has 1 aromatic heterocycles. The number of hydrogen-bond acceptors (Lipinski definition) is 6. The van der Waals surface area contributed by atoms with Gasteiger partial charge < -0.3 is 10.2 Å². The summed E-state index contributed by atoms with van der Waals surface area (Å²) in [5, 5.41) is 28.3. The Morgan fingerprint density at radius 3 is 2.44 bits per heavy atom. The van der Waals surface area contributed by atoms with Crippen LogP contribution in [0.1, 0.15) is 110 Å². The molecule has 2 fully saturated rings. The van der Waals surface area contributed by atoms with Gasteiger partial charge in [-0.05, 0) is 107 Å². The third-order valence-electron chi connectivity index (χ3n) is 8.14. The molecule has 41 heavy (non-hydrogen) atoms. The average Bonchev–Trinajstić information content (AvgIpc) is 3.74. The minimum atomic E-state index is -1.09.